The van der Waals surface area contributed by atoms with Gasteiger partial charge in [0.25, 0.3) is 0 Å². The number of fused-ring (bicyclic) bond motifs is 1. The summed E-state index contributed by atoms with van der Waals surface area (Å²) in [7, 11) is 0. The second-order valence-electron chi connectivity index (χ2n) is 4.78. The van der Waals surface area contributed by atoms with Crippen LogP contribution in [0, 0.1) is 17.0 Å². The van der Waals surface area contributed by atoms with Gasteiger partial charge >= 0.3 is 5.69 Å². The Morgan fingerprint density at radius 3 is 2.81 bits per heavy atom. The van der Waals surface area contributed by atoms with E-state index in [1.807, 2.05) is 19.1 Å². The van der Waals surface area contributed by atoms with Gasteiger partial charge in [-0.25, -0.2) is 4.63 Å². The number of nitrogens with zero attached hydrogens (tertiary/aromatic N) is 3. The van der Waals surface area contributed by atoms with E-state index in [1.165, 1.54) is 0 Å². The second-order valence-corrected chi connectivity index (χ2v) is 5.21. The van der Waals surface area contributed by atoms with Crippen molar-refractivity contribution in [2.24, 2.45) is 0 Å². The minimum atomic E-state index is -0.459. The number of aromatic nitrogens is 2. The van der Waals surface area contributed by atoms with E-state index in [0.29, 0.717) is 22.5 Å². The summed E-state index contributed by atoms with van der Waals surface area (Å²) in [5, 5.41) is 19.2. The summed E-state index contributed by atoms with van der Waals surface area (Å²) in [5.74, 6) is 0. The van der Waals surface area contributed by atoms with Crippen LogP contribution in [0.1, 0.15) is 16.7 Å². The molecule has 0 unspecified atom stereocenters. The van der Waals surface area contributed by atoms with Crippen molar-refractivity contribution in [1.29, 1.82) is 0 Å². The molecule has 2 aromatic carbocycles. The van der Waals surface area contributed by atoms with Crippen molar-refractivity contribution >= 4 is 28.3 Å². The maximum Gasteiger partial charge on any atom is 0.304 e. The van der Waals surface area contributed by atoms with Gasteiger partial charge < -0.3 is 0 Å². The molecular formula is C14H10ClN3O3. The summed E-state index contributed by atoms with van der Waals surface area (Å²) in [5.41, 5.74) is 2.91. The quantitative estimate of drug-likeness (QED) is 0.544. The molecule has 0 saturated heterocycles. The average molecular weight is 304 g/mol. The smallest absolute Gasteiger partial charge is 0.258 e. The number of nitro groups is 1. The van der Waals surface area contributed by atoms with Crippen molar-refractivity contribution in [3.63, 3.8) is 0 Å². The third-order valence-electron chi connectivity index (χ3n) is 3.16. The van der Waals surface area contributed by atoms with Crippen LogP contribution in [0.4, 0.5) is 5.69 Å². The molecule has 1 heterocycles. The van der Waals surface area contributed by atoms with Gasteiger partial charge in [-0.2, -0.15) is 0 Å². The molecule has 0 amide bonds. The van der Waals surface area contributed by atoms with Crippen molar-refractivity contribution < 1.29 is 9.55 Å². The fourth-order valence-electron chi connectivity index (χ4n) is 2.36. The van der Waals surface area contributed by atoms with Gasteiger partial charge in [0, 0.05) is 17.0 Å². The number of rotatable bonds is 3. The highest BCUT2D eigenvalue weighted by molar-refractivity contribution is 6.30. The lowest BCUT2D eigenvalue weighted by Gasteiger charge is -2.05. The van der Waals surface area contributed by atoms with Crippen molar-refractivity contribution in [2.45, 2.75) is 13.3 Å². The van der Waals surface area contributed by atoms with Crippen LogP contribution in [0.25, 0.3) is 11.0 Å². The molecule has 0 aliphatic heterocycles. The molecule has 0 spiro atoms. The third-order valence-corrected chi connectivity index (χ3v) is 3.38. The van der Waals surface area contributed by atoms with E-state index in [0.717, 1.165) is 11.1 Å². The Balaban J connectivity index is 2.11. The highest BCUT2D eigenvalue weighted by Gasteiger charge is 2.22. The van der Waals surface area contributed by atoms with E-state index >= 15 is 0 Å². The molecule has 0 fully saturated rings. The number of benzene rings is 2. The largest absolute Gasteiger partial charge is 0.304 e. The predicted molar refractivity (Wildman–Crippen MR) is 77.5 cm³/mol. The highest BCUT2D eigenvalue weighted by atomic mass is 35.5. The first-order valence-electron chi connectivity index (χ1n) is 6.19. The predicted octanol–water partition coefficient (Wildman–Crippen LogP) is 3.68. The van der Waals surface area contributed by atoms with Crippen LogP contribution >= 0.6 is 11.6 Å². The Kier molecular flexibility index (Phi) is 3.31. The number of nitro benzene ring substituents is 1. The van der Waals surface area contributed by atoms with Gasteiger partial charge in [-0.1, -0.05) is 17.7 Å². The molecule has 0 N–H and O–H groups in total. The van der Waals surface area contributed by atoms with E-state index < -0.39 is 4.92 Å². The van der Waals surface area contributed by atoms with Gasteiger partial charge in [-0.3, -0.25) is 10.1 Å². The third kappa shape index (κ3) is 2.57. The van der Waals surface area contributed by atoms with Crippen molar-refractivity contribution in [1.82, 2.24) is 10.3 Å². The van der Waals surface area contributed by atoms with Crippen LogP contribution in [-0.2, 0) is 6.42 Å². The summed E-state index contributed by atoms with van der Waals surface area (Å²) >= 11 is 6.03. The standard InChI is InChI=1S/C14H10ClN3O3/c1-8-4-9(7-11(15)5-8)6-10-2-3-12-13(17-21-16-12)14(10)18(19)20/h2-5,7H,6H2,1H3. The molecule has 0 saturated carbocycles. The van der Waals surface area contributed by atoms with E-state index in [4.69, 9.17) is 11.6 Å². The number of aryl methyl sites for hydroxylation is 1. The molecule has 7 heteroatoms. The average Bonchev–Trinajstić information content (AvgIpc) is 2.84. The Labute approximate surface area is 124 Å². The van der Waals surface area contributed by atoms with Crippen LogP contribution in [0.15, 0.2) is 35.0 Å². The lowest BCUT2D eigenvalue weighted by atomic mass is 10.0. The fourth-order valence-corrected chi connectivity index (χ4v) is 2.67. The zero-order chi connectivity index (χ0) is 15.0. The summed E-state index contributed by atoms with van der Waals surface area (Å²) in [4.78, 5) is 10.9. The van der Waals surface area contributed by atoms with E-state index in [1.54, 1.807) is 18.2 Å². The first-order chi connectivity index (χ1) is 10.0. The first kappa shape index (κ1) is 13.5. The second kappa shape index (κ2) is 5.14. The molecule has 3 rings (SSSR count). The van der Waals surface area contributed by atoms with E-state index in [9.17, 15) is 10.1 Å². The summed E-state index contributed by atoms with van der Waals surface area (Å²) in [6.07, 6.45) is 0.389. The van der Waals surface area contributed by atoms with Crippen molar-refractivity contribution in [2.75, 3.05) is 0 Å². The molecule has 0 bridgehead atoms. The molecule has 3 aromatic rings. The zero-order valence-corrected chi connectivity index (χ0v) is 11.8. The monoisotopic (exact) mass is 303 g/mol. The number of hydrogen-bond donors (Lipinski definition) is 0. The number of hydrogen-bond acceptors (Lipinski definition) is 5. The van der Waals surface area contributed by atoms with Gasteiger partial charge in [0.2, 0.25) is 5.52 Å². The van der Waals surface area contributed by atoms with Crippen molar-refractivity contribution in [3.8, 4) is 0 Å². The summed E-state index contributed by atoms with van der Waals surface area (Å²) in [6, 6.07) is 8.90. The van der Waals surface area contributed by atoms with Crippen LogP contribution in [0.3, 0.4) is 0 Å². The van der Waals surface area contributed by atoms with Crippen LogP contribution in [0.5, 0.6) is 0 Å². The minimum absolute atomic E-state index is 0.0774. The molecular weight excluding hydrogens is 294 g/mol. The van der Waals surface area contributed by atoms with E-state index in [2.05, 4.69) is 14.9 Å². The van der Waals surface area contributed by atoms with Gasteiger partial charge in [0.15, 0.2) is 0 Å². The molecule has 0 aliphatic carbocycles. The van der Waals surface area contributed by atoms with Crippen LogP contribution in [0.2, 0.25) is 5.02 Å². The summed E-state index contributed by atoms with van der Waals surface area (Å²) in [6.45, 7) is 1.93. The van der Waals surface area contributed by atoms with Crippen molar-refractivity contribution in [3.05, 3.63) is 62.2 Å². The van der Waals surface area contributed by atoms with Gasteiger partial charge in [-0.15, -0.1) is 0 Å². The maximum absolute atomic E-state index is 11.3. The van der Waals surface area contributed by atoms with Gasteiger partial charge in [0.1, 0.15) is 5.52 Å². The molecule has 0 aliphatic rings. The molecule has 0 atom stereocenters. The molecule has 0 radical (unpaired) electrons. The highest BCUT2D eigenvalue weighted by Crippen LogP contribution is 2.29. The van der Waals surface area contributed by atoms with E-state index in [-0.39, 0.29) is 11.2 Å². The topological polar surface area (TPSA) is 82.1 Å². The lowest BCUT2D eigenvalue weighted by Crippen LogP contribution is -1.98. The Hall–Kier alpha value is -2.47. The fraction of sp³-hybridized carbons (Fsp3) is 0.143. The first-order valence-corrected chi connectivity index (χ1v) is 6.57. The molecule has 1 aromatic heterocycles. The minimum Gasteiger partial charge on any atom is -0.258 e. The molecule has 6 nitrogen and oxygen atoms in total. The Morgan fingerprint density at radius 2 is 2.10 bits per heavy atom. The van der Waals surface area contributed by atoms with Gasteiger partial charge in [0.05, 0.1) is 4.92 Å². The number of halogens is 1. The van der Waals surface area contributed by atoms with Gasteiger partial charge in [-0.05, 0) is 52.6 Å². The SMILES string of the molecule is Cc1cc(Cl)cc(Cc2ccc3nonc3c2[N+](=O)[O-])c1. The maximum atomic E-state index is 11.3. The summed E-state index contributed by atoms with van der Waals surface area (Å²) < 4.78 is 4.57. The zero-order valence-electron chi connectivity index (χ0n) is 11.0. The Morgan fingerprint density at radius 1 is 1.29 bits per heavy atom. The Bertz CT molecular complexity index is 824. The molecule has 106 valence electrons. The molecule has 21 heavy (non-hydrogen) atoms. The van der Waals surface area contributed by atoms with Crippen LogP contribution < -0.4 is 0 Å². The van der Waals surface area contributed by atoms with Crippen LogP contribution in [-0.4, -0.2) is 15.2 Å². The lowest BCUT2D eigenvalue weighted by molar-refractivity contribution is -0.383. The normalized spacial score (nSPS) is 11.0.